The molecule has 1 aliphatic rings. The summed E-state index contributed by atoms with van der Waals surface area (Å²) in [6, 6.07) is 0. The third-order valence-corrected chi connectivity index (χ3v) is 5.43. The lowest BCUT2D eigenvalue weighted by molar-refractivity contribution is -0.0881. The largest absolute Gasteiger partial charge is 0.395 e. The average Bonchev–Trinajstić information content (AvgIpc) is 2.43. The van der Waals surface area contributed by atoms with Crippen LogP contribution in [0.3, 0.4) is 0 Å². The summed E-state index contributed by atoms with van der Waals surface area (Å²) in [7, 11) is -3.57. The Labute approximate surface area is 126 Å². The van der Waals surface area contributed by atoms with Crippen molar-refractivity contribution in [3.63, 3.8) is 0 Å². The van der Waals surface area contributed by atoms with Gasteiger partial charge in [-0.1, -0.05) is 32.1 Å². The lowest BCUT2D eigenvalue weighted by Crippen LogP contribution is -2.53. The van der Waals surface area contributed by atoms with Crippen molar-refractivity contribution in [3.8, 4) is 0 Å². The highest BCUT2D eigenvalue weighted by Gasteiger charge is 2.34. The number of hydrogen-bond acceptors (Lipinski definition) is 6. The van der Waals surface area contributed by atoms with Crippen LogP contribution in [0.25, 0.3) is 0 Å². The van der Waals surface area contributed by atoms with Crippen molar-refractivity contribution in [2.24, 2.45) is 11.7 Å². The SMILES string of the molecule is N[C@](O)(CC1CCCCC1)[C@H](O)CCS(=O)(=O)NCCO. The Bertz CT molecular complexity index is 393. The quantitative estimate of drug-likeness (QED) is 0.355. The summed E-state index contributed by atoms with van der Waals surface area (Å²) in [6.07, 6.45) is 4.25. The molecule has 1 aliphatic carbocycles. The summed E-state index contributed by atoms with van der Waals surface area (Å²) in [5.74, 6) is -0.0502. The van der Waals surface area contributed by atoms with Gasteiger partial charge in [0.25, 0.3) is 0 Å². The van der Waals surface area contributed by atoms with Gasteiger partial charge in [0.1, 0.15) is 5.72 Å². The van der Waals surface area contributed by atoms with E-state index in [0.717, 1.165) is 25.7 Å². The van der Waals surface area contributed by atoms with Gasteiger partial charge in [-0.25, -0.2) is 13.1 Å². The molecule has 1 saturated carbocycles. The van der Waals surface area contributed by atoms with Gasteiger partial charge < -0.3 is 21.1 Å². The number of rotatable bonds is 9. The van der Waals surface area contributed by atoms with E-state index in [1.165, 1.54) is 6.42 Å². The first-order valence-corrected chi connectivity index (χ1v) is 9.19. The second-order valence-corrected chi connectivity index (χ2v) is 7.87. The number of aliphatic hydroxyl groups is 3. The molecule has 126 valence electrons. The van der Waals surface area contributed by atoms with Gasteiger partial charge in [0.15, 0.2) is 0 Å². The van der Waals surface area contributed by atoms with Crippen molar-refractivity contribution in [2.45, 2.75) is 56.8 Å². The highest BCUT2D eigenvalue weighted by Crippen LogP contribution is 2.30. The van der Waals surface area contributed by atoms with Crippen molar-refractivity contribution in [1.29, 1.82) is 0 Å². The van der Waals surface area contributed by atoms with Gasteiger partial charge in [-0.15, -0.1) is 0 Å². The van der Waals surface area contributed by atoms with Crippen LogP contribution in [0.4, 0.5) is 0 Å². The molecule has 21 heavy (non-hydrogen) atoms. The van der Waals surface area contributed by atoms with Crippen molar-refractivity contribution in [3.05, 3.63) is 0 Å². The molecule has 0 aromatic carbocycles. The lowest BCUT2D eigenvalue weighted by atomic mass is 9.82. The number of hydrogen-bond donors (Lipinski definition) is 5. The van der Waals surface area contributed by atoms with Crippen molar-refractivity contribution >= 4 is 10.0 Å². The Morgan fingerprint density at radius 1 is 1.29 bits per heavy atom. The molecule has 0 aromatic heterocycles. The predicted molar refractivity (Wildman–Crippen MR) is 79.8 cm³/mol. The van der Waals surface area contributed by atoms with Crippen molar-refractivity contribution in [2.75, 3.05) is 18.9 Å². The average molecular weight is 324 g/mol. The Hall–Kier alpha value is -0.250. The number of sulfonamides is 1. The molecule has 0 unspecified atom stereocenters. The van der Waals surface area contributed by atoms with Gasteiger partial charge in [-0.2, -0.15) is 0 Å². The van der Waals surface area contributed by atoms with E-state index >= 15 is 0 Å². The second-order valence-electron chi connectivity index (χ2n) is 5.94. The molecule has 0 amide bonds. The minimum atomic E-state index is -3.57. The highest BCUT2D eigenvalue weighted by atomic mass is 32.2. The third-order valence-electron chi connectivity index (χ3n) is 4.01. The van der Waals surface area contributed by atoms with E-state index in [2.05, 4.69) is 4.72 Å². The maximum atomic E-state index is 11.6. The van der Waals surface area contributed by atoms with E-state index < -0.39 is 21.9 Å². The van der Waals surface area contributed by atoms with E-state index in [1.54, 1.807) is 0 Å². The monoisotopic (exact) mass is 324 g/mol. The van der Waals surface area contributed by atoms with Crippen LogP contribution in [0, 0.1) is 5.92 Å². The third kappa shape index (κ3) is 7.03. The molecule has 0 saturated heterocycles. The molecule has 0 bridgehead atoms. The second kappa shape index (κ2) is 8.40. The van der Waals surface area contributed by atoms with Gasteiger partial charge in [0.05, 0.1) is 18.5 Å². The molecular formula is C13H28N2O5S. The number of nitrogens with two attached hydrogens (primary N) is 1. The maximum absolute atomic E-state index is 11.6. The summed E-state index contributed by atoms with van der Waals surface area (Å²) in [4.78, 5) is 0. The van der Waals surface area contributed by atoms with Crippen LogP contribution >= 0.6 is 0 Å². The summed E-state index contributed by atoms with van der Waals surface area (Å²) in [5.41, 5.74) is 4.02. The fraction of sp³-hybridized carbons (Fsp3) is 1.00. The number of nitrogens with one attached hydrogen (secondary N) is 1. The molecule has 0 radical (unpaired) electrons. The molecular weight excluding hydrogens is 296 g/mol. The Balaban J connectivity index is 2.42. The molecule has 0 aliphatic heterocycles. The van der Waals surface area contributed by atoms with E-state index in [4.69, 9.17) is 10.8 Å². The molecule has 0 aromatic rings. The standard InChI is InChI=1S/C13H28N2O5S/c14-13(18,10-11-4-2-1-3-5-11)12(17)6-9-21(19,20)15-7-8-16/h11-12,15-18H,1-10,14H2/t12-,13+/m1/s1. The van der Waals surface area contributed by atoms with Crippen LogP contribution in [-0.2, 0) is 10.0 Å². The normalized spacial score (nSPS) is 21.9. The fourth-order valence-corrected chi connectivity index (χ4v) is 3.86. The van der Waals surface area contributed by atoms with Crippen LogP contribution < -0.4 is 10.5 Å². The molecule has 2 atom stereocenters. The molecule has 0 spiro atoms. The number of aliphatic hydroxyl groups excluding tert-OH is 2. The zero-order valence-corrected chi connectivity index (χ0v) is 13.2. The van der Waals surface area contributed by atoms with Crippen LogP contribution in [-0.4, -0.2) is 54.5 Å². The van der Waals surface area contributed by atoms with E-state index in [1.807, 2.05) is 0 Å². The van der Waals surface area contributed by atoms with Gasteiger partial charge in [0, 0.05) is 6.54 Å². The first-order chi connectivity index (χ1) is 9.77. The highest BCUT2D eigenvalue weighted by molar-refractivity contribution is 7.89. The maximum Gasteiger partial charge on any atom is 0.211 e. The lowest BCUT2D eigenvalue weighted by Gasteiger charge is -2.34. The summed E-state index contributed by atoms with van der Waals surface area (Å²) < 4.78 is 25.3. The molecule has 7 nitrogen and oxygen atoms in total. The molecule has 1 rings (SSSR count). The van der Waals surface area contributed by atoms with Crippen molar-refractivity contribution in [1.82, 2.24) is 4.72 Å². The summed E-state index contributed by atoms with van der Waals surface area (Å²) >= 11 is 0. The molecule has 8 heteroatoms. The Morgan fingerprint density at radius 3 is 2.48 bits per heavy atom. The first kappa shape index (κ1) is 18.8. The van der Waals surface area contributed by atoms with Crippen LogP contribution in [0.1, 0.15) is 44.9 Å². The van der Waals surface area contributed by atoms with Gasteiger partial charge in [0.2, 0.25) is 10.0 Å². The van der Waals surface area contributed by atoms with Crippen molar-refractivity contribution < 1.29 is 23.7 Å². The Morgan fingerprint density at radius 2 is 1.90 bits per heavy atom. The van der Waals surface area contributed by atoms with E-state index in [9.17, 15) is 18.6 Å². The topological polar surface area (TPSA) is 133 Å². The van der Waals surface area contributed by atoms with Gasteiger partial charge >= 0.3 is 0 Å². The first-order valence-electron chi connectivity index (χ1n) is 7.54. The summed E-state index contributed by atoms with van der Waals surface area (Å²) in [5, 5.41) is 28.7. The van der Waals surface area contributed by atoms with E-state index in [-0.39, 0.29) is 37.7 Å². The minimum absolute atomic E-state index is 0.0621. The van der Waals surface area contributed by atoms with Gasteiger partial charge in [-0.3, -0.25) is 0 Å². The zero-order valence-electron chi connectivity index (χ0n) is 12.4. The fourth-order valence-electron chi connectivity index (χ4n) is 2.78. The van der Waals surface area contributed by atoms with Crippen LogP contribution in [0.5, 0.6) is 0 Å². The molecule has 1 fully saturated rings. The van der Waals surface area contributed by atoms with E-state index in [0.29, 0.717) is 0 Å². The molecule has 0 heterocycles. The Kier molecular flexibility index (Phi) is 7.52. The predicted octanol–water partition coefficient (Wildman–Crippen LogP) is -0.733. The summed E-state index contributed by atoms with van der Waals surface area (Å²) in [6.45, 7) is -0.350. The zero-order chi connectivity index (χ0) is 15.9. The van der Waals surface area contributed by atoms with Crippen LogP contribution in [0.15, 0.2) is 0 Å². The smallest absolute Gasteiger partial charge is 0.211 e. The van der Waals surface area contributed by atoms with Gasteiger partial charge in [-0.05, 0) is 18.8 Å². The molecule has 6 N–H and O–H groups in total. The minimum Gasteiger partial charge on any atom is -0.395 e. The van der Waals surface area contributed by atoms with Crippen LogP contribution in [0.2, 0.25) is 0 Å².